The molecule has 0 bridgehead atoms. The van der Waals surface area contributed by atoms with Gasteiger partial charge in [-0.15, -0.1) is 4.73 Å². The molecule has 0 fully saturated rings. The summed E-state index contributed by atoms with van der Waals surface area (Å²) in [5.41, 5.74) is 1.05. The fourth-order valence-electron chi connectivity index (χ4n) is 1.11. The molecule has 2 aromatic rings. The number of hydrogen-bond donors (Lipinski definition) is 1. The summed E-state index contributed by atoms with van der Waals surface area (Å²) in [4.78, 5) is 8.64. The summed E-state index contributed by atoms with van der Waals surface area (Å²) in [5.74, 6) is 0. The molecule has 0 amide bonds. The minimum Gasteiger partial charge on any atom is -0.427 e. The van der Waals surface area contributed by atoms with E-state index in [2.05, 4.69) is 4.62 Å². The van der Waals surface area contributed by atoms with Crippen LogP contribution in [0.25, 0.3) is 11.1 Å². The van der Waals surface area contributed by atoms with Gasteiger partial charge in [0.05, 0.1) is 0 Å². The highest BCUT2D eigenvalue weighted by atomic mass is 32.1. The monoisotopic (exact) mass is 231 g/mol. The number of aromatic nitrogens is 1. The lowest BCUT2D eigenvalue weighted by Gasteiger charge is -1.99. The van der Waals surface area contributed by atoms with Gasteiger partial charge in [0, 0.05) is 0 Å². The average molecular weight is 231 g/mol. The smallest absolute Gasteiger partial charge is 0.384 e. The Labute approximate surface area is 84.4 Å². The maximum Gasteiger partial charge on any atom is 0.384 e. The largest absolute Gasteiger partial charge is 0.427 e. The lowest BCUT2D eigenvalue weighted by atomic mass is 10.3. The van der Waals surface area contributed by atoms with Gasteiger partial charge in [0.25, 0.3) is 0 Å². The zero-order chi connectivity index (χ0) is 10.1. The van der Waals surface area contributed by atoms with Crippen LogP contribution in [0.3, 0.4) is 0 Å². The molecule has 0 aliphatic carbocycles. The van der Waals surface area contributed by atoms with E-state index in [1.807, 2.05) is 0 Å². The van der Waals surface area contributed by atoms with Crippen LogP contribution in [0.5, 0.6) is 0 Å². The number of benzene rings is 1. The van der Waals surface area contributed by atoms with Crippen molar-refractivity contribution >= 4 is 31.6 Å². The van der Waals surface area contributed by atoms with E-state index in [4.69, 9.17) is 21.5 Å². The van der Waals surface area contributed by atoms with Crippen molar-refractivity contribution in [1.29, 1.82) is 0 Å². The van der Waals surface area contributed by atoms with Crippen molar-refractivity contribution in [2.24, 2.45) is 0 Å². The molecule has 7 heteroatoms. The molecule has 1 aromatic carbocycles. The normalized spacial score (nSPS) is 12.9. The van der Waals surface area contributed by atoms with E-state index in [1.165, 1.54) is 0 Å². The maximum atomic E-state index is 10.5. The second-order valence-corrected chi connectivity index (χ2v) is 3.55. The van der Waals surface area contributed by atoms with Gasteiger partial charge in [-0.05, 0) is 24.4 Å². The summed E-state index contributed by atoms with van der Waals surface area (Å²) in [7, 11) is -3.08. The van der Waals surface area contributed by atoms with Gasteiger partial charge in [0.15, 0.2) is 5.58 Å². The minimum atomic E-state index is -3.08. The van der Waals surface area contributed by atoms with Gasteiger partial charge in [-0.3, -0.25) is 0 Å². The maximum absolute atomic E-state index is 10.5. The van der Waals surface area contributed by atoms with Gasteiger partial charge in [-0.25, -0.2) is 4.57 Å². The van der Waals surface area contributed by atoms with Crippen LogP contribution in [-0.4, -0.2) is 9.62 Å². The molecule has 0 spiro atoms. The summed E-state index contributed by atoms with van der Waals surface area (Å²) < 4.78 is 21.3. The van der Waals surface area contributed by atoms with Crippen molar-refractivity contribution in [3.63, 3.8) is 0 Å². The Hall–Kier alpha value is -1.10. The molecule has 0 saturated carbocycles. The molecule has 5 nitrogen and oxygen atoms in total. The van der Waals surface area contributed by atoms with Gasteiger partial charge in [-0.1, -0.05) is 12.1 Å². The number of rotatable bonds is 2. The predicted molar refractivity (Wildman–Crippen MR) is 52.8 cm³/mol. The highest BCUT2D eigenvalue weighted by molar-refractivity contribution is 7.71. The molecule has 0 radical (unpaired) electrons. The molecule has 1 N–H and O–H groups in total. The van der Waals surface area contributed by atoms with Gasteiger partial charge in [0.2, 0.25) is 0 Å². The summed E-state index contributed by atoms with van der Waals surface area (Å²) >= 11 is 4.81. The van der Waals surface area contributed by atoms with Crippen molar-refractivity contribution in [3.8, 4) is 0 Å². The average Bonchev–Trinajstić information content (AvgIpc) is 2.43. The van der Waals surface area contributed by atoms with E-state index in [1.54, 1.807) is 24.3 Å². The van der Waals surface area contributed by atoms with E-state index < -0.39 is 8.25 Å². The third kappa shape index (κ3) is 1.59. The fourth-order valence-corrected chi connectivity index (χ4v) is 1.74. The van der Waals surface area contributed by atoms with Gasteiger partial charge < -0.3 is 13.9 Å². The first-order chi connectivity index (χ1) is 6.68. The molecule has 1 unspecified atom stereocenters. The number of para-hydroxylation sites is 2. The van der Waals surface area contributed by atoms with Crippen molar-refractivity contribution in [3.05, 3.63) is 29.1 Å². The first-order valence-electron chi connectivity index (χ1n) is 3.70. The molecule has 0 saturated heterocycles. The fraction of sp³-hybridized carbons (Fsp3) is 0. The number of hydrogen-bond acceptors (Lipinski definition) is 4. The highest BCUT2D eigenvalue weighted by Crippen LogP contribution is 2.19. The molecular formula is C7H6NO4PS. The van der Waals surface area contributed by atoms with Crippen molar-refractivity contribution < 1.29 is 18.5 Å². The predicted octanol–water partition coefficient (Wildman–Crippen LogP) is 1.77. The van der Waals surface area contributed by atoms with E-state index >= 15 is 0 Å². The molecule has 14 heavy (non-hydrogen) atoms. The van der Waals surface area contributed by atoms with E-state index in [-0.39, 0.29) is 4.84 Å². The second-order valence-electron chi connectivity index (χ2n) is 2.49. The van der Waals surface area contributed by atoms with Crippen LogP contribution < -0.4 is 4.62 Å². The molecule has 1 heterocycles. The second kappa shape index (κ2) is 3.57. The molecule has 2 rings (SSSR count). The van der Waals surface area contributed by atoms with Gasteiger partial charge in [-0.2, -0.15) is 0 Å². The van der Waals surface area contributed by atoms with Crippen LogP contribution in [0.4, 0.5) is 0 Å². The molecule has 1 atom stereocenters. The minimum absolute atomic E-state index is 0.0126. The summed E-state index contributed by atoms with van der Waals surface area (Å²) in [6.07, 6.45) is 0. The Kier molecular flexibility index (Phi) is 2.41. The Morgan fingerprint density at radius 3 is 2.93 bits per heavy atom. The molecule has 0 aliphatic heterocycles. The van der Waals surface area contributed by atoms with E-state index in [0.29, 0.717) is 11.1 Å². The van der Waals surface area contributed by atoms with Crippen LogP contribution in [0.1, 0.15) is 0 Å². The standard InChI is InChI=1S/C7H6NO4PS/c9-13(10)12-8-5-3-1-2-4-6(5)11-7(8)14/h1-4,13H,(H,9,10). The van der Waals surface area contributed by atoms with Crippen LogP contribution in [0.2, 0.25) is 0 Å². The topological polar surface area (TPSA) is 64.6 Å². The van der Waals surface area contributed by atoms with Crippen molar-refractivity contribution in [1.82, 2.24) is 4.73 Å². The van der Waals surface area contributed by atoms with Crippen molar-refractivity contribution in [2.45, 2.75) is 0 Å². The summed E-state index contributed by atoms with van der Waals surface area (Å²) in [6.45, 7) is 0. The lowest BCUT2D eigenvalue weighted by Crippen LogP contribution is -2.02. The Bertz CT molecular complexity index is 546. The highest BCUT2D eigenvalue weighted by Gasteiger charge is 2.07. The lowest BCUT2D eigenvalue weighted by molar-refractivity contribution is 0.242. The van der Waals surface area contributed by atoms with Crippen LogP contribution in [0, 0.1) is 4.84 Å². The molecule has 74 valence electrons. The molecular weight excluding hydrogens is 225 g/mol. The van der Waals surface area contributed by atoms with E-state index in [0.717, 1.165) is 4.73 Å². The SMILES string of the molecule is O=[PH](O)On1c(=S)oc2ccccc21. The first kappa shape index (κ1) is 9.45. The van der Waals surface area contributed by atoms with Crippen LogP contribution in [-0.2, 0) is 4.57 Å². The summed E-state index contributed by atoms with van der Waals surface area (Å²) in [5, 5.41) is 0. The summed E-state index contributed by atoms with van der Waals surface area (Å²) in [6, 6.07) is 6.90. The number of oxazole rings is 1. The Morgan fingerprint density at radius 1 is 1.50 bits per heavy atom. The van der Waals surface area contributed by atoms with Crippen LogP contribution >= 0.6 is 20.5 Å². The Morgan fingerprint density at radius 2 is 2.21 bits per heavy atom. The van der Waals surface area contributed by atoms with Crippen molar-refractivity contribution in [2.75, 3.05) is 0 Å². The first-order valence-corrected chi connectivity index (χ1v) is 5.37. The van der Waals surface area contributed by atoms with Gasteiger partial charge >= 0.3 is 13.1 Å². The Balaban J connectivity index is 2.68. The van der Waals surface area contributed by atoms with Gasteiger partial charge in [0.1, 0.15) is 5.52 Å². The van der Waals surface area contributed by atoms with Crippen LogP contribution in [0.15, 0.2) is 28.7 Å². The number of nitrogens with zero attached hydrogens (tertiary/aromatic N) is 1. The molecule has 0 aliphatic rings. The van der Waals surface area contributed by atoms with E-state index in [9.17, 15) is 4.57 Å². The quantitative estimate of drug-likeness (QED) is 0.630. The third-order valence-electron chi connectivity index (χ3n) is 1.62. The third-order valence-corrected chi connectivity index (χ3v) is 2.20. The zero-order valence-corrected chi connectivity index (χ0v) is 8.65. The molecule has 1 aromatic heterocycles. The number of fused-ring (bicyclic) bond motifs is 1. The zero-order valence-electron chi connectivity index (χ0n) is 6.84.